The second kappa shape index (κ2) is 4.11. The summed E-state index contributed by atoms with van der Waals surface area (Å²) in [7, 11) is 1.79. The van der Waals surface area contributed by atoms with Crippen LogP contribution in [0.4, 0.5) is 8.78 Å². The molecule has 2 rings (SSSR count). The Hall–Kier alpha value is -0.220. The van der Waals surface area contributed by atoms with Crippen LogP contribution in [0.3, 0.4) is 0 Å². The molecule has 0 spiro atoms. The van der Waals surface area contributed by atoms with E-state index in [-0.39, 0.29) is 6.54 Å². The molecule has 0 aromatic heterocycles. The molecule has 2 nitrogen and oxygen atoms in total. The van der Waals surface area contributed by atoms with Gasteiger partial charge in [0.1, 0.15) is 0 Å². The molecule has 0 aliphatic carbocycles. The Balaban J connectivity index is 1.75. The van der Waals surface area contributed by atoms with E-state index in [9.17, 15) is 8.78 Å². The van der Waals surface area contributed by atoms with Crippen LogP contribution in [0.1, 0.15) is 19.3 Å². The maximum Gasteiger partial charge on any atom is 0.251 e. The summed E-state index contributed by atoms with van der Waals surface area (Å²) in [6.45, 7) is 0.729. The third-order valence-electron chi connectivity index (χ3n) is 3.43. The summed E-state index contributed by atoms with van der Waals surface area (Å²) in [6.07, 6.45) is 1.49. The van der Waals surface area contributed by atoms with Gasteiger partial charge in [-0.2, -0.15) is 0 Å². The van der Waals surface area contributed by atoms with Crippen LogP contribution in [0.5, 0.6) is 0 Å². The van der Waals surface area contributed by atoms with E-state index in [1.54, 1.807) is 11.9 Å². The molecule has 0 aromatic carbocycles. The van der Waals surface area contributed by atoms with Crippen LogP contribution >= 0.6 is 0 Å². The Morgan fingerprint density at radius 3 is 2.71 bits per heavy atom. The molecule has 2 fully saturated rings. The predicted octanol–water partition coefficient (Wildman–Crippen LogP) is 1.32. The van der Waals surface area contributed by atoms with Gasteiger partial charge in [-0.25, -0.2) is 8.78 Å². The van der Waals surface area contributed by atoms with Crippen LogP contribution in [0.2, 0.25) is 0 Å². The van der Waals surface area contributed by atoms with E-state index in [0.29, 0.717) is 18.0 Å². The molecule has 0 amide bonds. The molecule has 2 aliphatic heterocycles. The number of hydrogen-bond donors (Lipinski definition) is 1. The van der Waals surface area contributed by atoms with E-state index in [0.717, 1.165) is 6.54 Å². The van der Waals surface area contributed by atoms with E-state index in [4.69, 9.17) is 0 Å². The maximum absolute atomic E-state index is 12.1. The first-order valence-corrected chi connectivity index (χ1v) is 5.38. The number of alkyl halides is 2. The molecule has 82 valence electrons. The molecule has 2 aliphatic rings. The van der Waals surface area contributed by atoms with Gasteiger partial charge in [0.2, 0.25) is 0 Å². The lowest BCUT2D eigenvalue weighted by atomic mass is 9.89. The Morgan fingerprint density at radius 2 is 2.21 bits per heavy atom. The van der Waals surface area contributed by atoms with Crippen LogP contribution in [-0.4, -0.2) is 43.5 Å². The van der Waals surface area contributed by atoms with E-state index >= 15 is 0 Å². The number of fused-ring (bicyclic) bond motifs is 2. The first-order chi connectivity index (χ1) is 6.65. The van der Waals surface area contributed by atoms with Crippen LogP contribution in [0, 0.1) is 5.92 Å². The van der Waals surface area contributed by atoms with Crippen LogP contribution in [-0.2, 0) is 0 Å². The molecule has 2 saturated heterocycles. The molecule has 14 heavy (non-hydrogen) atoms. The largest absolute Gasteiger partial charge is 0.311 e. The minimum atomic E-state index is -2.20. The van der Waals surface area contributed by atoms with Crippen molar-refractivity contribution in [2.45, 2.75) is 37.8 Å². The zero-order chi connectivity index (χ0) is 10.1. The van der Waals surface area contributed by atoms with Gasteiger partial charge in [-0.15, -0.1) is 0 Å². The average Bonchev–Trinajstić information content (AvgIpc) is 2.62. The number of nitrogens with zero attached hydrogens (tertiary/aromatic N) is 1. The highest BCUT2D eigenvalue weighted by atomic mass is 19.3. The normalized spacial score (nSPS) is 36.2. The molecule has 2 bridgehead atoms. The number of rotatable bonds is 4. The van der Waals surface area contributed by atoms with Gasteiger partial charge < -0.3 is 10.2 Å². The molecule has 4 heteroatoms. The van der Waals surface area contributed by atoms with Gasteiger partial charge in [0, 0.05) is 18.6 Å². The van der Waals surface area contributed by atoms with E-state index in [1.807, 2.05) is 0 Å². The maximum atomic E-state index is 12.1. The molecule has 3 unspecified atom stereocenters. The zero-order valence-electron chi connectivity index (χ0n) is 8.55. The quantitative estimate of drug-likeness (QED) is 0.743. The van der Waals surface area contributed by atoms with Crippen molar-refractivity contribution in [1.29, 1.82) is 0 Å². The summed E-state index contributed by atoms with van der Waals surface area (Å²) in [6, 6.07) is 1.27. The summed E-state index contributed by atoms with van der Waals surface area (Å²) in [4.78, 5) is 1.76. The van der Waals surface area contributed by atoms with Crippen molar-refractivity contribution in [2.75, 3.05) is 20.1 Å². The lowest BCUT2D eigenvalue weighted by Gasteiger charge is -2.25. The second-order valence-electron chi connectivity index (χ2n) is 4.66. The minimum absolute atomic E-state index is 0.0894. The van der Waals surface area contributed by atoms with Gasteiger partial charge in [-0.05, 0) is 32.2 Å². The fourth-order valence-corrected chi connectivity index (χ4v) is 2.85. The van der Waals surface area contributed by atoms with Crippen molar-refractivity contribution in [3.05, 3.63) is 0 Å². The van der Waals surface area contributed by atoms with E-state index < -0.39 is 6.43 Å². The molecular formula is C10H18F2N2. The van der Waals surface area contributed by atoms with E-state index in [2.05, 4.69) is 5.32 Å². The molecule has 0 radical (unpaired) electrons. The van der Waals surface area contributed by atoms with E-state index in [1.165, 1.54) is 19.3 Å². The first-order valence-electron chi connectivity index (χ1n) is 5.38. The van der Waals surface area contributed by atoms with Crippen molar-refractivity contribution in [1.82, 2.24) is 10.2 Å². The Kier molecular flexibility index (Phi) is 3.02. The second-order valence-corrected chi connectivity index (χ2v) is 4.66. The van der Waals surface area contributed by atoms with Crippen LogP contribution in [0.25, 0.3) is 0 Å². The van der Waals surface area contributed by atoms with Gasteiger partial charge in [0.05, 0.1) is 6.54 Å². The number of hydrogen-bond acceptors (Lipinski definition) is 2. The van der Waals surface area contributed by atoms with Crippen LogP contribution in [0.15, 0.2) is 0 Å². The summed E-state index contributed by atoms with van der Waals surface area (Å²) in [5, 5.41) is 3.52. The van der Waals surface area contributed by atoms with Crippen molar-refractivity contribution in [2.24, 2.45) is 5.92 Å². The van der Waals surface area contributed by atoms with Crippen molar-refractivity contribution >= 4 is 0 Å². The molecule has 3 atom stereocenters. The average molecular weight is 204 g/mol. The summed E-state index contributed by atoms with van der Waals surface area (Å²) >= 11 is 0. The Morgan fingerprint density at radius 1 is 1.43 bits per heavy atom. The molecule has 0 saturated carbocycles. The number of halogens is 2. The highest BCUT2D eigenvalue weighted by molar-refractivity contribution is 4.98. The summed E-state index contributed by atoms with van der Waals surface area (Å²) in [5.74, 6) is 0.595. The van der Waals surface area contributed by atoms with Gasteiger partial charge in [-0.1, -0.05) is 0 Å². The fraction of sp³-hybridized carbons (Fsp3) is 1.00. The summed E-state index contributed by atoms with van der Waals surface area (Å²) in [5.41, 5.74) is 0. The van der Waals surface area contributed by atoms with Crippen molar-refractivity contribution < 1.29 is 8.78 Å². The SMILES string of the molecule is CN(CC(F)F)CC1CC2CCC1N2. The smallest absolute Gasteiger partial charge is 0.251 e. The highest BCUT2D eigenvalue weighted by Gasteiger charge is 2.39. The molecule has 1 N–H and O–H groups in total. The van der Waals surface area contributed by atoms with Gasteiger partial charge >= 0.3 is 0 Å². The third-order valence-corrected chi connectivity index (χ3v) is 3.43. The Bertz CT molecular complexity index is 199. The van der Waals surface area contributed by atoms with Gasteiger partial charge in [-0.3, -0.25) is 0 Å². The minimum Gasteiger partial charge on any atom is -0.311 e. The lowest BCUT2D eigenvalue weighted by molar-refractivity contribution is 0.0908. The lowest BCUT2D eigenvalue weighted by Crippen LogP contribution is -2.35. The summed E-state index contributed by atoms with van der Waals surface area (Å²) < 4.78 is 24.2. The first kappa shape index (κ1) is 10.3. The van der Waals surface area contributed by atoms with Gasteiger partial charge in [0.25, 0.3) is 6.43 Å². The Labute approximate surface area is 83.7 Å². The molecule has 2 heterocycles. The van der Waals surface area contributed by atoms with Gasteiger partial charge in [0.15, 0.2) is 0 Å². The highest BCUT2D eigenvalue weighted by Crippen LogP contribution is 2.33. The van der Waals surface area contributed by atoms with Crippen molar-refractivity contribution in [3.63, 3.8) is 0 Å². The number of nitrogens with one attached hydrogen (secondary N) is 1. The topological polar surface area (TPSA) is 15.3 Å². The molecule has 0 aromatic rings. The predicted molar refractivity (Wildman–Crippen MR) is 51.6 cm³/mol. The molecular weight excluding hydrogens is 186 g/mol. The standard InChI is InChI=1S/C10H18F2N2/c1-14(6-10(11)12)5-7-4-8-2-3-9(7)13-8/h7-10,13H,2-6H2,1H3. The van der Waals surface area contributed by atoms with Crippen LogP contribution < -0.4 is 5.32 Å². The monoisotopic (exact) mass is 204 g/mol. The van der Waals surface area contributed by atoms with Crippen molar-refractivity contribution in [3.8, 4) is 0 Å². The fourth-order valence-electron chi connectivity index (χ4n) is 2.85. The zero-order valence-corrected chi connectivity index (χ0v) is 8.55. The third kappa shape index (κ3) is 2.23.